The summed E-state index contributed by atoms with van der Waals surface area (Å²) >= 11 is 0. The highest BCUT2D eigenvalue weighted by atomic mass is 16.5. The van der Waals surface area contributed by atoms with E-state index in [9.17, 15) is 0 Å². The first kappa shape index (κ1) is 20.8. The number of nitrogens with one attached hydrogen (secondary N) is 2. The lowest BCUT2D eigenvalue weighted by atomic mass is 10.1. The van der Waals surface area contributed by atoms with Crippen molar-refractivity contribution in [3.8, 4) is 5.75 Å². The second-order valence-electron chi connectivity index (χ2n) is 6.47. The molecule has 6 nitrogen and oxygen atoms in total. The Hall–Kier alpha value is -2.47. The fraction of sp³-hybridized carbons (Fsp3) is 0.476. The zero-order valence-electron chi connectivity index (χ0n) is 16.5. The predicted octanol–water partition coefficient (Wildman–Crippen LogP) is 3.38. The summed E-state index contributed by atoms with van der Waals surface area (Å²) in [5, 5.41) is 6.63. The van der Waals surface area contributed by atoms with Crippen molar-refractivity contribution >= 4 is 5.96 Å². The fourth-order valence-electron chi connectivity index (χ4n) is 2.50. The number of aliphatic imine (C=N–C) groups is 1. The van der Waals surface area contributed by atoms with Gasteiger partial charge in [-0.25, -0.2) is 0 Å². The third-order valence-electron chi connectivity index (χ3n) is 3.81. The van der Waals surface area contributed by atoms with Gasteiger partial charge in [-0.2, -0.15) is 0 Å². The van der Waals surface area contributed by atoms with E-state index in [0.29, 0.717) is 13.2 Å². The average molecular weight is 373 g/mol. The standard InChI is InChI=1S/C21H31N3O3/c1-17(2)27-19-9-7-18(8-10-19)11-13-24-21(22-3)23-12-5-14-25-16-20-6-4-15-26-20/h4,6-10,15,17H,5,11-14,16H2,1-3H3,(H2,22,23,24). The van der Waals surface area contributed by atoms with Gasteiger partial charge in [-0.3, -0.25) is 4.99 Å². The Morgan fingerprint density at radius 3 is 2.56 bits per heavy atom. The summed E-state index contributed by atoms with van der Waals surface area (Å²) in [5.41, 5.74) is 1.26. The van der Waals surface area contributed by atoms with Crippen molar-refractivity contribution in [2.45, 2.75) is 39.4 Å². The molecule has 0 aliphatic rings. The molecule has 1 aromatic heterocycles. The SMILES string of the molecule is CN=C(NCCCOCc1ccco1)NCCc1ccc(OC(C)C)cc1. The molecular formula is C21H31N3O3. The van der Waals surface area contributed by atoms with Crippen LogP contribution in [-0.2, 0) is 17.8 Å². The molecule has 27 heavy (non-hydrogen) atoms. The Morgan fingerprint density at radius 1 is 1.11 bits per heavy atom. The van der Waals surface area contributed by atoms with Gasteiger partial charge in [0.15, 0.2) is 5.96 Å². The van der Waals surface area contributed by atoms with Crippen LogP contribution in [0, 0.1) is 0 Å². The van der Waals surface area contributed by atoms with E-state index in [0.717, 1.165) is 43.4 Å². The molecular weight excluding hydrogens is 342 g/mol. The van der Waals surface area contributed by atoms with E-state index in [2.05, 4.69) is 27.8 Å². The Balaban J connectivity index is 1.55. The molecule has 0 aliphatic carbocycles. The molecule has 148 valence electrons. The first-order valence-corrected chi connectivity index (χ1v) is 9.47. The molecule has 0 radical (unpaired) electrons. The van der Waals surface area contributed by atoms with Crippen LogP contribution in [0.15, 0.2) is 52.1 Å². The molecule has 0 unspecified atom stereocenters. The second kappa shape index (κ2) is 12.0. The number of benzene rings is 1. The van der Waals surface area contributed by atoms with Crippen molar-refractivity contribution in [3.63, 3.8) is 0 Å². The van der Waals surface area contributed by atoms with Crippen LogP contribution in [0.4, 0.5) is 0 Å². The average Bonchev–Trinajstić information content (AvgIpc) is 3.17. The van der Waals surface area contributed by atoms with Crippen LogP contribution in [0.2, 0.25) is 0 Å². The molecule has 0 saturated carbocycles. The number of hydrogen-bond donors (Lipinski definition) is 2. The highest BCUT2D eigenvalue weighted by molar-refractivity contribution is 5.79. The zero-order chi connectivity index (χ0) is 19.3. The maximum Gasteiger partial charge on any atom is 0.190 e. The van der Waals surface area contributed by atoms with Gasteiger partial charge in [0.1, 0.15) is 18.1 Å². The lowest BCUT2D eigenvalue weighted by Gasteiger charge is -2.12. The van der Waals surface area contributed by atoms with E-state index in [1.807, 2.05) is 38.1 Å². The summed E-state index contributed by atoms with van der Waals surface area (Å²) in [7, 11) is 1.78. The van der Waals surface area contributed by atoms with E-state index < -0.39 is 0 Å². The molecule has 1 aromatic carbocycles. The number of furan rings is 1. The monoisotopic (exact) mass is 373 g/mol. The van der Waals surface area contributed by atoms with Gasteiger partial charge >= 0.3 is 0 Å². The van der Waals surface area contributed by atoms with Crippen LogP contribution in [0.3, 0.4) is 0 Å². The molecule has 0 fully saturated rings. The Bertz CT molecular complexity index is 652. The smallest absolute Gasteiger partial charge is 0.190 e. The van der Waals surface area contributed by atoms with Gasteiger partial charge in [0.05, 0.1) is 12.4 Å². The van der Waals surface area contributed by atoms with Crippen LogP contribution >= 0.6 is 0 Å². The molecule has 6 heteroatoms. The third-order valence-corrected chi connectivity index (χ3v) is 3.81. The third kappa shape index (κ3) is 8.64. The minimum absolute atomic E-state index is 0.197. The summed E-state index contributed by atoms with van der Waals surface area (Å²) in [5.74, 6) is 2.57. The molecule has 0 bridgehead atoms. The minimum Gasteiger partial charge on any atom is -0.491 e. The van der Waals surface area contributed by atoms with Crippen molar-refractivity contribution in [1.29, 1.82) is 0 Å². The fourth-order valence-corrected chi connectivity index (χ4v) is 2.50. The van der Waals surface area contributed by atoms with Crippen LogP contribution in [0.5, 0.6) is 5.75 Å². The maximum atomic E-state index is 5.66. The van der Waals surface area contributed by atoms with Gasteiger partial charge in [-0.15, -0.1) is 0 Å². The zero-order valence-corrected chi connectivity index (χ0v) is 16.5. The summed E-state index contributed by atoms with van der Waals surface area (Å²) in [6.07, 6.45) is 3.68. The van der Waals surface area contributed by atoms with Crippen LogP contribution in [-0.4, -0.2) is 38.8 Å². The normalized spacial score (nSPS) is 11.6. The van der Waals surface area contributed by atoms with Gasteiger partial charge in [-0.05, 0) is 56.5 Å². The second-order valence-corrected chi connectivity index (χ2v) is 6.47. The predicted molar refractivity (Wildman–Crippen MR) is 108 cm³/mol. The minimum atomic E-state index is 0.197. The Morgan fingerprint density at radius 2 is 1.89 bits per heavy atom. The molecule has 0 saturated heterocycles. The number of nitrogens with zero attached hydrogens (tertiary/aromatic N) is 1. The topological polar surface area (TPSA) is 68.0 Å². The van der Waals surface area contributed by atoms with E-state index in [1.165, 1.54) is 5.56 Å². The number of rotatable bonds is 11. The summed E-state index contributed by atoms with van der Waals surface area (Å²) in [6.45, 7) is 6.87. The van der Waals surface area contributed by atoms with E-state index >= 15 is 0 Å². The van der Waals surface area contributed by atoms with Crippen molar-refractivity contribution in [2.75, 3.05) is 26.7 Å². The van der Waals surface area contributed by atoms with Crippen LogP contribution < -0.4 is 15.4 Å². The molecule has 0 spiro atoms. The summed E-state index contributed by atoms with van der Waals surface area (Å²) in [4.78, 5) is 4.24. The highest BCUT2D eigenvalue weighted by Crippen LogP contribution is 2.13. The van der Waals surface area contributed by atoms with Crippen LogP contribution in [0.1, 0.15) is 31.6 Å². The first-order valence-electron chi connectivity index (χ1n) is 9.47. The quantitative estimate of drug-likeness (QED) is 0.359. The Labute approximate surface area is 162 Å². The lowest BCUT2D eigenvalue weighted by molar-refractivity contribution is 0.105. The van der Waals surface area contributed by atoms with Crippen molar-refractivity contribution in [2.24, 2.45) is 4.99 Å². The van der Waals surface area contributed by atoms with Crippen molar-refractivity contribution in [1.82, 2.24) is 10.6 Å². The number of ether oxygens (including phenoxy) is 2. The molecule has 1 heterocycles. The molecule has 0 aliphatic heterocycles. The molecule has 0 amide bonds. The van der Waals surface area contributed by atoms with E-state index in [4.69, 9.17) is 13.9 Å². The number of guanidine groups is 1. The van der Waals surface area contributed by atoms with Gasteiger partial charge < -0.3 is 24.5 Å². The van der Waals surface area contributed by atoms with Gasteiger partial charge in [-0.1, -0.05) is 12.1 Å². The number of hydrogen-bond acceptors (Lipinski definition) is 4. The molecule has 2 aromatic rings. The first-order chi connectivity index (χ1) is 13.2. The van der Waals surface area contributed by atoms with Gasteiger partial charge in [0, 0.05) is 26.7 Å². The summed E-state index contributed by atoms with van der Waals surface area (Å²) in [6, 6.07) is 12.0. The van der Waals surface area contributed by atoms with Crippen LogP contribution in [0.25, 0.3) is 0 Å². The largest absolute Gasteiger partial charge is 0.491 e. The Kier molecular flexibility index (Phi) is 9.27. The van der Waals surface area contributed by atoms with E-state index in [1.54, 1.807) is 13.3 Å². The molecule has 2 rings (SSSR count). The highest BCUT2D eigenvalue weighted by Gasteiger charge is 2.01. The van der Waals surface area contributed by atoms with E-state index in [-0.39, 0.29) is 6.10 Å². The maximum absolute atomic E-state index is 5.66. The van der Waals surface area contributed by atoms with Crippen molar-refractivity contribution in [3.05, 3.63) is 54.0 Å². The van der Waals surface area contributed by atoms with Gasteiger partial charge in [0.2, 0.25) is 0 Å². The van der Waals surface area contributed by atoms with Gasteiger partial charge in [0.25, 0.3) is 0 Å². The molecule has 2 N–H and O–H groups in total. The summed E-state index contributed by atoms with van der Waals surface area (Å²) < 4.78 is 16.4. The molecule has 0 atom stereocenters. The van der Waals surface area contributed by atoms with Crippen molar-refractivity contribution < 1.29 is 13.9 Å². The lowest BCUT2D eigenvalue weighted by Crippen LogP contribution is -2.39.